The summed E-state index contributed by atoms with van der Waals surface area (Å²) in [6.07, 6.45) is 5.58. The SMILES string of the molecule is O=CNC1BOCC=CC1. The van der Waals surface area contributed by atoms with Crippen molar-refractivity contribution in [2.24, 2.45) is 0 Å². The molecule has 0 aromatic carbocycles. The molecule has 0 fully saturated rings. The molecule has 1 rings (SSSR count). The van der Waals surface area contributed by atoms with Crippen LogP contribution in [0.4, 0.5) is 0 Å². The molecule has 1 N–H and O–H groups in total. The maximum Gasteiger partial charge on any atom is 0.298 e. The molecule has 1 unspecified atom stereocenters. The maximum atomic E-state index is 9.99. The van der Waals surface area contributed by atoms with Gasteiger partial charge >= 0.3 is 0 Å². The van der Waals surface area contributed by atoms with E-state index in [1.54, 1.807) is 0 Å². The summed E-state index contributed by atoms with van der Waals surface area (Å²) in [6.45, 7) is 0.664. The van der Waals surface area contributed by atoms with Crippen LogP contribution in [0.15, 0.2) is 12.2 Å². The number of hydrogen-bond acceptors (Lipinski definition) is 2. The fourth-order valence-corrected chi connectivity index (χ4v) is 0.887. The Balaban J connectivity index is 2.29. The van der Waals surface area contributed by atoms with Crippen LogP contribution in [0.1, 0.15) is 6.42 Å². The first kappa shape index (κ1) is 7.34. The minimum Gasteiger partial charge on any atom is -0.434 e. The zero-order valence-corrected chi connectivity index (χ0v) is 5.75. The number of hydrogen-bond donors (Lipinski definition) is 1. The van der Waals surface area contributed by atoms with Gasteiger partial charge in [0.15, 0.2) is 0 Å². The third-order valence-electron chi connectivity index (χ3n) is 1.42. The summed E-state index contributed by atoms with van der Waals surface area (Å²) < 4.78 is 5.15. The quantitative estimate of drug-likeness (QED) is 0.314. The van der Waals surface area contributed by atoms with Crippen molar-refractivity contribution in [3.05, 3.63) is 12.2 Å². The predicted molar refractivity (Wildman–Crippen MR) is 39.8 cm³/mol. The van der Waals surface area contributed by atoms with Gasteiger partial charge in [0.1, 0.15) is 0 Å². The van der Waals surface area contributed by atoms with Crippen LogP contribution in [0.2, 0.25) is 0 Å². The van der Waals surface area contributed by atoms with Crippen molar-refractivity contribution in [1.29, 1.82) is 0 Å². The summed E-state index contributed by atoms with van der Waals surface area (Å²) in [5.74, 6) is 0.163. The van der Waals surface area contributed by atoms with Crippen LogP contribution in [0.5, 0.6) is 0 Å². The third-order valence-corrected chi connectivity index (χ3v) is 1.42. The number of carbonyl (C=O) groups is 1. The first-order chi connectivity index (χ1) is 4.93. The van der Waals surface area contributed by atoms with Gasteiger partial charge in [-0.2, -0.15) is 0 Å². The van der Waals surface area contributed by atoms with E-state index in [1.165, 1.54) is 0 Å². The third kappa shape index (κ3) is 2.23. The fourth-order valence-electron chi connectivity index (χ4n) is 0.887. The lowest BCUT2D eigenvalue weighted by Crippen LogP contribution is -2.33. The van der Waals surface area contributed by atoms with Crippen molar-refractivity contribution < 1.29 is 9.45 Å². The maximum absolute atomic E-state index is 9.99. The average Bonchev–Trinajstić information content (AvgIpc) is 2.17. The average molecular weight is 139 g/mol. The van der Waals surface area contributed by atoms with Crippen molar-refractivity contribution in [3.8, 4) is 0 Å². The second kappa shape index (κ2) is 4.11. The molecule has 54 valence electrons. The van der Waals surface area contributed by atoms with E-state index in [-0.39, 0.29) is 5.94 Å². The summed E-state index contributed by atoms with van der Waals surface area (Å²) in [5, 5.41) is 2.67. The summed E-state index contributed by atoms with van der Waals surface area (Å²) in [5.41, 5.74) is 0. The zero-order valence-electron chi connectivity index (χ0n) is 5.75. The van der Waals surface area contributed by atoms with Crippen LogP contribution < -0.4 is 5.32 Å². The highest BCUT2D eigenvalue weighted by molar-refractivity contribution is 6.30. The molecule has 0 aliphatic carbocycles. The lowest BCUT2D eigenvalue weighted by atomic mass is 9.86. The van der Waals surface area contributed by atoms with E-state index in [1.807, 2.05) is 12.2 Å². The first-order valence-corrected chi connectivity index (χ1v) is 3.36. The van der Waals surface area contributed by atoms with Crippen LogP contribution >= 0.6 is 0 Å². The van der Waals surface area contributed by atoms with Gasteiger partial charge in [0.25, 0.3) is 7.48 Å². The second-order valence-electron chi connectivity index (χ2n) is 2.23. The molecule has 0 aromatic heterocycles. The Morgan fingerprint density at radius 3 is 3.40 bits per heavy atom. The molecule has 1 amide bonds. The Morgan fingerprint density at radius 1 is 1.70 bits per heavy atom. The molecule has 1 aliphatic heterocycles. The van der Waals surface area contributed by atoms with E-state index in [9.17, 15) is 4.79 Å². The van der Waals surface area contributed by atoms with Crippen molar-refractivity contribution in [1.82, 2.24) is 5.32 Å². The van der Waals surface area contributed by atoms with Gasteiger partial charge < -0.3 is 9.97 Å². The molecule has 0 saturated heterocycles. The van der Waals surface area contributed by atoms with Crippen molar-refractivity contribution in [3.63, 3.8) is 0 Å². The smallest absolute Gasteiger partial charge is 0.298 e. The molecule has 4 heteroatoms. The molecular weight excluding hydrogens is 129 g/mol. The van der Waals surface area contributed by atoms with Crippen LogP contribution in [-0.2, 0) is 9.45 Å². The first-order valence-electron chi connectivity index (χ1n) is 3.36. The van der Waals surface area contributed by atoms with Crippen molar-refractivity contribution in [2.75, 3.05) is 6.61 Å². The second-order valence-corrected chi connectivity index (χ2v) is 2.23. The van der Waals surface area contributed by atoms with Gasteiger partial charge in [-0.05, 0) is 6.42 Å². The lowest BCUT2D eigenvalue weighted by Gasteiger charge is -2.08. The van der Waals surface area contributed by atoms with Gasteiger partial charge in [-0.1, -0.05) is 12.2 Å². The van der Waals surface area contributed by atoms with Gasteiger partial charge in [0, 0.05) is 12.5 Å². The molecule has 0 aromatic rings. The number of carbonyl (C=O) groups excluding carboxylic acids is 1. The van der Waals surface area contributed by atoms with Crippen molar-refractivity contribution in [2.45, 2.75) is 12.4 Å². The monoisotopic (exact) mass is 139 g/mol. The van der Waals surface area contributed by atoms with E-state index >= 15 is 0 Å². The van der Waals surface area contributed by atoms with Gasteiger partial charge in [-0.15, -0.1) is 0 Å². The number of amides is 1. The molecule has 1 aliphatic rings. The topological polar surface area (TPSA) is 38.3 Å². The van der Waals surface area contributed by atoms with Crippen LogP contribution in [0.25, 0.3) is 0 Å². The van der Waals surface area contributed by atoms with Crippen LogP contribution in [-0.4, -0.2) is 26.4 Å². The van der Waals surface area contributed by atoms with Crippen LogP contribution in [0.3, 0.4) is 0 Å². The highest BCUT2D eigenvalue weighted by Gasteiger charge is 2.09. The minimum atomic E-state index is 0.163. The highest BCUT2D eigenvalue weighted by Crippen LogP contribution is 1.96. The van der Waals surface area contributed by atoms with E-state index < -0.39 is 0 Å². The van der Waals surface area contributed by atoms with Crippen molar-refractivity contribution >= 4 is 13.9 Å². The minimum absolute atomic E-state index is 0.163. The molecule has 0 bridgehead atoms. The summed E-state index contributed by atoms with van der Waals surface area (Å²) in [4.78, 5) is 9.99. The number of rotatable bonds is 2. The number of nitrogens with one attached hydrogen (secondary N) is 1. The van der Waals surface area contributed by atoms with Gasteiger partial charge in [-0.3, -0.25) is 4.79 Å². The molecule has 1 heterocycles. The molecule has 10 heavy (non-hydrogen) atoms. The van der Waals surface area contributed by atoms with Crippen LogP contribution in [0, 0.1) is 0 Å². The molecule has 0 radical (unpaired) electrons. The Labute approximate surface area is 60.7 Å². The van der Waals surface area contributed by atoms with Gasteiger partial charge in [0.2, 0.25) is 6.41 Å². The Hall–Kier alpha value is -0.765. The molecule has 1 atom stereocenters. The Bertz CT molecular complexity index is 138. The summed E-state index contributed by atoms with van der Waals surface area (Å²) in [7, 11) is 0.617. The highest BCUT2D eigenvalue weighted by atomic mass is 16.4. The standard InChI is InChI=1S/C6H10BNO2/c9-5-8-6-3-1-2-4-10-7-6/h1-2,5-7H,3-4H2,(H,8,9). The summed E-state index contributed by atoms with van der Waals surface area (Å²) in [6, 6.07) is 0. The summed E-state index contributed by atoms with van der Waals surface area (Å²) >= 11 is 0. The fraction of sp³-hybridized carbons (Fsp3) is 0.500. The molecule has 0 saturated carbocycles. The predicted octanol–water partition coefficient (Wildman–Crippen LogP) is -0.614. The Kier molecular flexibility index (Phi) is 3.02. The largest absolute Gasteiger partial charge is 0.434 e. The Morgan fingerprint density at radius 2 is 2.60 bits per heavy atom. The van der Waals surface area contributed by atoms with E-state index in [0.29, 0.717) is 20.5 Å². The van der Waals surface area contributed by atoms with Gasteiger partial charge in [-0.25, -0.2) is 0 Å². The zero-order chi connectivity index (χ0) is 7.23. The van der Waals surface area contributed by atoms with E-state index in [0.717, 1.165) is 6.42 Å². The lowest BCUT2D eigenvalue weighted by molar-refractivity contribution is -0.109. The molecule has 0 spiro atoms. The normalized spacial score (nSPS) is 24.6. The molecular formula is C6H10BNO2. The van der Waals surface area contributed by atoms with E-state index in [2.05, 4.69) is 5.32 Å². The molecule has 3 nitrogen and oxygen atoms in total. The van der Waals surface area contributed by atoms with E-state index in [4.69, 9.17) is 4.65 Å². The van der Waals surface area contributed by atoms with Gasteiger partial charge in [0.05, 0.1) is 0 Å².